The van der Waals surface area contributed by atoms with Crippen molar-refractivity contribution >= 4 is 23.0 Å². The standard InChI is InChI=1S/C14H21ClN2O2/c1-3-4-5-6-7-11(2)16-14-10-12(17(18)19)8-9-13(14)15/h8-11,16H,3-7H2,1-2H3. The zero-order chi connectivity index (χ0) is 14.3. The van der Waals surface area contributed by atoms with Crippen LogP contribution in [0.15, 0.2) is 18.2 Å². The van der Waals surface area contributed by atoms with Crippen LogP contribution in [0.5, 0.6) is 0 Å². The first kappa shape index (κ1) is 15.8. The molecule has 0 amide bonds. The molecule has 0 aliphatic heterocycles. The molecule has 0 saturated carbocycles. The number of hydrogen-bond acceptors (Lipinski definition) is 3. The Morgan fingerprint density at radius 3 is 2.74 bits per heavy atom. The van der Waals surface area contributed by atoms with Crippen LogP contribution in [-0.2, 0) is 0 Å². The van der Waals surface area contributed by atoms with E-state index in [1.54, 1.807) is 6.07 Å². The average molecular weight is 285 g/mol. The summed E-state index contributed by atoms with van der Waals surface area (Å²) < 4.78 is 0. The highest BCUT2D eigenvalue weighted by Crippen LogP contribution is 2.27. The molecule has 0 aliphatic rings. The molecule has 0 bridgehead atoms. The first-order valence-corrected chi connectivity index (χ1v) is 7.13. The molecule has 1 aromatic rings. The van der Waals surface area contributed by atoms with Crippen molar-refractivity contribution in [1.82, 2.24) is 0 Å². The first-order chi connectivity index (χ1) is 9.04. The van der Waals surface area contributed by atoms with E-state index >= 15 is 0 Å². The van der Waals surface area contributed by atoms with E-state index in [0.29, 0.717) is 10.7 Å². The fourth-order valence-corrected chi connectivity index (χ4v) is 2.12. The summed E-state index contributed by atoms with van der Waals surface area (Å²) in [6.07, 6.45) is 5.90. The minimum Gasteiger partial charge on any atom is -0.381 e. The summed E-state index contributed by atoms with van der Waals surface area (Å²) >= 11 is 6.04. The Labute approximate surface area is 119 Å². The number of anilines is 1. The predicted octanol–water partition coefficient (Wildman–Crippen LogP) is 5.02. The predicted molar refractivity (Wildman–Crippen MR) is 80.0 cm³/mol. The molecule has 0 spiro atoms. The van der Waals surface area contributed by atoms with Crippen molar-refractivity contribution < 1.29 is 4.92 Å². The van der Waals surface area contributed by atoms with Crippen LogP contribution in [0, 0.1) is 10.1 Å². The molecule has 106 valence electrons. The number of non-ortho nitro benzene ring substituents is 1. The zero-order valence-electron chi connectivity index (χ0n) is 11.5. The van der Waals surface area contributed by atoms with Gasteiger partial charge in [0, 0.05) is 18.2 Å². The van der Waals surface area contributed by atoms with Crippen LogP contribution in [0.1, 0.15) is 46.0 Å². The lowest BCUT2D eigenvalue weighted by Gasteiger charge is -2.16. The van der Waals surface area contributed by atoms with E-state index in [2.05, 4.69) is 19.2 Å². The van der Waals surface area contributed by atoms with Crippen LogP contribution in [-0.4, -0.2) is 11.0 Å². The van der Waals surface area contributed by atoms with Crippen molar-refractivity contribution in [3.63, 3.8) is 0 Å². The third-order valence-corrected chi connectivity index (χ3v) is 3.38. The van der Waals surface area contributed by atoms with Gasteiger partial charge in [-0.1, -0.05) is 44.2 Å². The maximum atomic E-state index is 10.7. The zero-order valence-corrected chi connectivity index (χ0v) is 12.2. The second-order valence-electron chi connectivity index (χ2n) is 4.82. The third kappa shape index (κ3) is 5.47. The molecule has 1 rings (SSSR count). The van der Waals surface area contributed by atoms with Crippen LogP contribution >= 0.6 is 11.6 Å². The van der Waals surface area contributed by atoms with Crippen molar-refractivity contribution in [3.05, 3.63) is 33.3 Å². The summed E-state index contributed by atoms with van der Waals surface area (Å²) in [4.78, 5) is 10.3. The van der Waals surface area contributed by atoms with Gasteiger partial charge < -0.3 is 5.32 Å². The van der Waals surface area contributed by atoms with Crippen LogP contribution in [0.2, 0.25) is 5.02 Å². The van der Waals surface area contributed by atoms with E-state index in [1.165, 1.54) is 31.4 Å². The fraction of sp³-hybridized carbons (Fsp3) is 0.571. The minimum atomic E-state index is -0.409. The number of halogens is 1. The van der Waals surface area contributed by atoms with Gasteiger partial charge >= 0.3 is 0 Å². The highest BCUT2D eigenvalue weighted by molar-refractivity contribution is 6.33. The molecule has 1 unspecified atom stereocenters. The van der Waals surface area contributed by atoms with Crippen molar-refractivity contribution in [3.8, 4) is 0 Å². The average Bonchev–Trinajstić information content (AvgIpc) is 2.37. The Morgan fingerprint density at radius 2 is 2.11 bits per heavy atom. The van der Waals surface area contributed by atoms with E-state index in [9.17, 15) is 10.1 Å². The van der Waals surface area contributed by atoms with Gasteiger partial charge in [0.1, 0.15) is 0 Å². The number of benzene rings is 1. The summed E-state index contributed by atoms with van der Waals surface area (Å²) in [7, 11) is 0. The van der Waals surface area contributed by atoms with Gasteiger partial charge in [0.2, 0.25) is 0 Å². The van der Waals surface area contributed by atoms with Crippen molar-refractivity contribution in [2.45, 2.75) is 52.0 Å². The van der Waals surface area contributed by atoms with Gasteiger partial charge in [-0.3, -0.25) is 10.1 Å². The number of rotatable bonds is 8. The molecule has 0 fully saturated rings. The molecule has 19 heavy (non-hydrogen) atoms. The quantitative estimate of drug-likeness (QED) is 0.414. The second kappa shape index (κ2) is 8.00. The Hall–Kier alpha value is -1.29. The molecule has 4 nitrogen and oxygen atoms in total. The van der Waals surface area contributed by atoms with E-state index in [-0.39, 0.29) is 11.7 Å². The van der Waals surface area contributed by atoms with Crippen LogP contribution in [0.25, 0.3) is 0 Å². The lowest BCUT2D eigenvalue weighted by molar-refractivity contribution is -0.384. The van der Waals surface area contributed by atoms with Gasteiger partial charge in [-0.05, 0) is 19.4 Å². The summed E-state index contributed by atoms with van der Waals surface area (Å²) in [5.74, 6) is 0. The number of unbranched alkanes of at least 4 members (excludes halogenated alkanes) is 3. The SMILES string of the molecule is CCCCCCC(C)Nc1cc([N+](=O)[O-])ccc1Cl. The van der Waals surface area contributed by atoms with Gasteiger partial charge in [-0.2, -0.15) is 0 Å². The van der Waals surface area contributed by atoms with E-state index in [0.717, 1.165) is 12.8 Å². The Balaban J connectivity index is 2.55. The van der Waals surface area contributed by atoms with E-state index < -0.39 is 4.92 Å². The topological polar surface area (TPSA) is 55.2 Å². The van der Waals surface area contributed by atoms with Crippen molar-refractivity contribution in [2.24, 2.45) is 0 Å². The summed E-state index contributed by atoms with van der Waals surface area (Å²) in [5, 5.41) is 14.5. The Kier molecular flexibility index (Phi) is 6.64. The summed E-state index contributed by atoms with van der Waals surface area (Å²) in [6.45, 7) is 4.26. The molecule has 1 N–H and O–H groups in total. The molecular weight excluding hydrogens is 264 g/mol. The van der Waals surface area contributed by atoms with Crippen molar-refractivity contribution in [2.75, 3.05) is 5.32 Å². The molecule has 1 aromatic carbocycles. The third-order valence-electron chi connectivity index (χ3n) is 3.05. The molecule has 0 radical (unpaired) electrons. The largest absolute Gasteiger partial charge is 0.381 e. The normalized spacial score (nSPS) is 12.2. The fourth-order valence-electron chi connectivity index (χ4n) is 1.95. The summed E-state index contributed by atoms with van der Waals surface area (Å²) in [5.41, 5.74) is 0.698. The van der Waals surface area contributed by atoms with Crippen LogP contribution in [0.3, 0.4) is 0 Å². The van der Waals surface area contributed by atoms with E-state index in [4.69, 9.17) is 11.6 Å². The van der Waals surface area contributed by atoms with Gasteiger partial charge in [0.15, 0.2) is 0 Å². The number of nitro benzene ring substituents is 1. The van der Waals surface area contributed by atoms with Crippen molar-refractivity contribution in [1.29, 1.82) is 0 Å². The minimum absolute atomic E-state index is 0.0603. The smallest absolute Gasteiger partial charge is 0.271 e. The maximum Gasteiger partial charge on any atom is 0.271 e. The summed E-state index contributed by atoms with van der Waals surface area (Å²) in [6, 6.07) is 4.73. The van der Waals surface area contributed by atoms with Gasteiger partial charge in [-0.25, -0.2) is 0 Å². The molecule has 1 atom stereocenters. The number of hydrogen-bond donors (Lipinski definition) is 1. The second-order valence-corrected chi connectivity index (χ2v) is 5.22. The number of nitro groups is 1. The maximum absolute atomic E-state index is 10.7. The molecule has 0 aliphatic carbocycles. The first-order valence-electron chi connectivity index (χ1n) is 6.75. The highest BCUT2D eigenvalue weighted by atomic mass is 35.5. The van der Waals surface area contributed by atoms with Gasteiger partial charge in [0.25, 0.3) is 5.69 Å². The van der Waals surface area contributed by atoms with Gasteiger partial charge in [-0.15, -0.1) is 0 Å². The number of nitrogens with one attached hydrogen (secondary N) is 1. The molecule has 0 heterocycles. The number of nitrogens with zero attached hydrogens (tertiary/aromatic N) is 1. The molecule has 0 aromatic heterocycles. The molecular formula is C14H21ClN2O2. The van der Waals surface area contributed by atoms with Crippen LogP contribution in [0.4, 0.5) is 11.4 Å². The van der Waals surface area contributed by atoms with Crippen LogP contribution < -0.4 is 5.32 Å². The Bertz CT molecular complexity index is 424. The lowest BCUT2D eigenvalue weighted by Crippen LogP contribution is -2.15. The molecule has 0 saturated heterocycles. The van der Waals surface area contributed by atoms with E-state index in [1.807, 2.05) is 0 Å². The highest BCUT2D eigenvalue weighted by Gasteiger charge is 2.11. The Morgan fingerprint density at radius 1 is 1.37 bits per heavy atom. The lowest BCUT2D eigenvalue weighted by atomic mass is 10.1. The monoisotopic (exact) mass is 284 g/mol. The van der Waals surface area contributed by atoms with Gasteiger partial charge in [0.05, 0.1) is 15.6 Å². The molecule has 5 heteroatoms.